The van der Waals surface area contributed by atoms with Gasteiger partial charge in [0.05, 0.1) is 24.9 Å². The molecule has 0 atom stereocenters. The van der Waals surface area contributed by atoms with Crippen molar-refractivity contribution in [3.8, 4) is 0 Å². The van der Waals surface area contributed by atoms with E-state index in [1.54, 1.807) is 41.3 Å². The Morgan fingerprint density at radius 3 is 2.70 bits per heavy atom. The molecule has 0 saturated carbocycles. The lowest BCUT2D eigenvalue weighted by Gasteiger charge is -2.14. The summed E-state index contributed by atoms with van der Waals surface area (Å²) in [6.45, 7) is 0.399. The predicted octanol–water partition coefficient (Wildman–Crippen LogP) is 3.28. The molecule has 0 amide bonds. The molecule has 27 heavy (non-hydrogen) atoms. The summed E-state index contributed by atoms with van der Waals surface area (Å²) < 4.78 is 35.4. The quantitative estimate of drug-likeness (QED) is 0.583. The smallest absolute Gasteiger partial charge is 0.339 e. The first-order valence-corrected chi connectivity index (χ1v) is 10.1. The van der Waals surface area contributed by atoms with Gasteiger partial charge < -0.3 is 4.74 Å². The van der Waals surface area contributed by atoms with Gasteiger partial charge in [-0.2, -0.15) is 5.10 Å². The molecule has 2 aromatic carbocycles. The van der Waals surface area contributed by atoms with Crippen LogP contribution in [-0.2, 0) is 21.3 Å². The molecule has 0 radical (unpaired) electrons. The van der Waals surface area contributed by atoms with Crippen LogP contribution in [0.1, 0.15) is 15.9 Å². The number of benzene rings is 2. The summed E-state index contributed by atoms with van der Waals surface area (Å²) in [5.41, 5.74) is 1.09. The Bertz CT molecular complexity index is 1070. The van der Waals surface area contributed by atoms with E-state index in [1.165, 1.54) is 19.2 Å². The first kappa shape index (κ1) is 19.1. The number of aromatic nitrogens is 2. The number of anilines is 1. The first-order valence-electron chi connectivity index (χ1n) is 7.87. The summed E-state index contributed by atoms with van der Waals surface area (Å²) in [7, 11) is -2.82. The molecule has 0 aliphatic heterocycles. The van der Waals surface area contributed by atoms with E-state index >= 15 is 0 Å². The van der Waals surface area contributed by atoms with Gasteiger partial charge in [-0.05, 0) is 35.9 Å². The maximum atomic E-state index is 13.0. The van der Waals surface area contributed by atoms with E-state index in [0.29, 0.717) is 16.7 Å². The summed E-state index contributed by atoms with van der Waals surface area (Å²) in [5.74, 6) is -0.735. The number of methoxy groups -OCH3 is 1. The number of nitrogens with one attached hydrogen (secondary N) is 1. The second-order valence-electron chi connectivity index (χ2n) is 5.60. The molecule has 0 aliphatic carbocycles. The second kappa shape index (κ2) is 7.93. The van der Waals surface area contributed by atoms with Crippen LogP contribution in [0.2, 0.25) is 0 Å². The van der Waals surface area contributed by atoms with Gasteiger partial charge in [-0.25, -0.2) is 13.2 Å². The average molecular weight is 450 g/mol. The van der Waals surface area contributed by atoms with E-state index < -0.39 is 16.0 Å². The van der Waals surface area contributed by atoms with Gasteiger partial charge in [0.1, 0.15) is 4.90 Å². The van der Waals surface area contributed by atoms with Gasteiger partial charge in [-0.1, -0.05) is 34.1 Å². The minimum atomic E-state index is -4.02. The van der Waals surface area contributed by atoms with E-state index in [-0.39, 0.29) is 10.5 Å². The SMILES string of the molecule is COC(=O)c1cc(Br)ccc1S(=O)(=O)Nc1ccccc1Cn1cccn1. The number of rotatable bonds is 6. The largest absolute Gasteiger partial charge is 0.465 e. The van der Waals surface area contributed by atoms with Gasteiger partial charge in [-0.3, -0.25) is 9.40 Å². The van der Waals surface area contributed by atoms with Gasteiger partial charge in [-0.15, -0.1) is 0 Å². The van der Waals surface area contributed by atoms with E-state index in [1.807, 2.05) is 12.1 Å². The van der Waals surface area contributed by atoms with Crippen molar-refractivity contribution in [3.05, 3.63) is 76.5 Å². The van der Waals surface area contributed by atoms with E-state index in [2.05, 4.69) is 25.8 Å². The van der Waals surface area contributed by atoms with Gasteiger partial charge in [0.2, 0.25) is 0 Å². The van der Waals surface area contributed by atoms with Crippen molar-refractivity contribution in [2.45, 2.75) is 11.4 Å². The predicted molar refractivity (Wildman–Crippen MR) is 104 cm³/mol. The lowest BCUT2D eigenvalue weighted by Crippen LogP contribution is -2.19. The van der Waals surface area contributed by atoms with Crippen molar-refractivity contribution in [1.82, 2.24) is 9.78 Å². The third-order valence-corrected chi connectivity index (χ3v) is 5.71. The number of nitrogens with zero attached hydrogens (tertiary/aromatic N) is 2. The summed E-state index contributed by atoms with van der Waals surface area (Å²) >= 11 is 3.24. The van der Waals surface area contributed by atoms with E-state index in [4.69, 9.17) is 4.74 Å². The second-order valence-corrected chi connectivity index (χ2v) is 8.16. The highest BCUT2D eigenvalue weighted by Gasteiger charge is 2.24. The Balaban J connectivity index is 1.98. The van der Waals surface area contributed by atoms with E-state index in [9.17, 15) is 13.2 Å². The third-order valence-electron chi connectivity index (χ3n) is 3.79. The molecule has 9 heteroatoms. The highest BCUT2D eigenvalue weighted by Crippen LogP contribution is 2.25. The lowest BCUT2D eigenvalue weighted by molar-refractivity contribution is 0.0596. The average Bonchev–Trinajstić information content (AvgIpc) is 3.15. The number of ether oxygens (including phenoxy) is 1. The molecule has 1 aromatic heterocycles. The van der Waals surface area contributed by atoms with Crippen LogP contribution >= 0.6 is 15.9 Å². The number of esters is 1. The van der Waals surface area contributed by atoms with Gasteiger partial charge in [0, 0.05) is 16.9 Å². The summed E-state index contributed by atoms with van der Waals surface area (Å²) in [6.07, 6.45) is 3.44. The zero-order chi connectivity index (χ0) is 19.4. The number of hydrogen-bond donors (Lipinski definition) is 1. The standard InChI is InChI=1S/C18H16BrN3O4S/c1-26-18(23)15-11-14(19)7-8-17(15)27(24,25)21-16-6-3-2-5-13(16)12-22-10-4-9-20-22/h2-11,21H,12H2,1H3. The molecule has 0 unspecified atom stereocenters. The first-order chi connectivity index (χ1) is 12.9. The highest BCUT2D eigenvalue weighted by atomic mass is 79.9. The van der Waals surface area contributed by atoms with Gasteiger partial charge >= 0.3 is 5.97 Å². The Morgan fingerprint density at radius 1 is 1.22 bits per heavy atom. The Hall–Kier alpha value is -2.65. The van der Waals surface area contributed by atoms with Crippen LogP contribution in [0.3, 0.4) is 0 Å². The fraction of sp³-hybridized carbons (Fsp3) is 0.111. The Labute approximate surface area is 165 Å². The molecular formula is C18H16BrN3O4S. The topological polar surface area (TPSA) is 90.3 Å². The molecule has 1 N–H and O–H groups in total. The van der Waals surface area contributed by atoms with Crippen molar-refractivity contribution in [2.24, 2.45) is 0 Å². The molecule has 3 rings (SSSR count). The number of para-hydroxylation sites is 1. The summed E-state index contributed by atoms with van der Waals surface area (Å²) in [6, 6.07) is 13.1. The monoisotopic (exact) mass is 449 g/mol. The van der Waals surface area contributed by atoms with Crippen LogP contribution < -0.4 is 4.72 Å². The van der Waals surface area contributed by atoms with Crippen LogP contribution in [0.25, 0.3) is 0 Å². The number of sulfonamides is 1. The molecule has 0 bridgehead atoms. The zero-order valence-electron chi connectivity index (χ0n) is 14.3. The van der Waals surface area contributed by atoms with Crippen molar-refractivity contribution >= 4 is 37.6 Å². The van der Waals surface area contributed by atoms with E-state index in [0.717, 1.165) is 5.56 Å². The molecule has 3 aromatic rings. The third kappa shape index (κ3) is 4.37. The van der Waals surface area contributed by atoms with Crippen LogP contribution in [0.15, 0.2) is 70.3 Å². The lowest BCUT2D eigenvalue weighted by atomic mass is 10.2. The molecule has 140 valence electrons. The fourth-order valence-electron chi connectivity index (χ4n) is 2.53. The Kier molecular flexibility index (Phi) is 5.62. The van der Waals surface area contributed by atoms with Crippen LogP contribution in [-0.4, -0.2) is 31.3 Å². The minimum absolute atomic E-state index is 0.0519. The normalized spacial score (nSPS) is 11.2. The minimum Gasteiger partial charge on any atom is -0.465 e. The number of carbonyl (C=O) groups excluding carboxylic acids is 1. The van der Waals surface area contributed by atoms with Crippen molar-refractivity contribution in [2.75, 3.05) is 11.8 Å². The molecule has 0 saturated heterocycles. The number of carbonyl (C=O) groups is 1. The summed E-state index contributed by atoms with van der Waals surface area (Å²) in [4.78, 5) is 11.9. The highest BCUT2D eigenvalue weighted by molar-refractivity contribution is 9.10. The maximum Gasteiger partial charge on any atom is 0.339 e. The number of hydrogen-bond acceptors (Lipinski definition) is 5. The molecule has 0 fully saturated rings. The Morgan fingerprint density at radius 2 is 2.00 bits per heavy atom. The molecular weight excluding hydrogens is 434 g/mol. The van der Waals surface area contributed by atoms with Gasteiger partial charge in [0.25, 0.3) is 10.0 Å². The van der Waals surface area contributed by atoms with Crippen molar-refractivity contribution in [1.29, 1.82) is 0 Å². The molecule has 7 nitrogen and oxygen atoms in total. The van der Waals surface area contributed by atoms with Crippen LogP contribution in [0, 0.1) is 0 Å². The maximum absolute atomic E-state index is 13.0. The number of halogens is 1. The summed E-state index contributed by atoms with van der Waals surface area (Å²) in [5, 5.41) is 4.14. The van der Waals surface area contributed by atoms with Crippen molar-refractivity contribution < 1.29 is 17.9 Å². The van der Waals surface area contributed by atoms with Gasteiger partial charge in [0.15, 0.2) is 0 Å². The molecule has 0 aliphatic rings. The van der Waals surface area contributed by atoms with Crippen LogP contribution in [0.4, 0.5) is 5.69 Å². The molecule has 0 spiro atoms. The van der Waals surface area contributed by atoms with Crippen molar-refractivity contribution in [3.63, 3.8) is 0 Å². The zero-order valence-corrected chi connectivity index (χ0v) is 16.7. The molecule has 1 heterocycles. The fourth-order valence-corrected chi connectivity index (χ4v) is 4.17. The van der Waals surface area contributed by atoms with Crippen LogP contribution in [0.5, 0.6) is 0 Å².